The molecule has 0 saturated carbocycles. The molecule has 1 N–H and O–H groups in total. The highest BCUT2D eigenvalue weighted by Crippen LogP contribution is 2.16. The van der Waals surface area contributed by atoms with Crippen molar-refractivity contribution >= 4 is 5.95 Å². The minimum absolute atomic E-state index is 0.658. The Morgan fingerprint density at radius 3 is 2.95 bits per heavy atom. The molecular formula is C14H23N5O. The molecule has 0 aliphatic rings. The van der Waals surface area contributed by atoms with Crippen LogP contribution in [0.2, 0.25) is 0 Å². The number of unbranched alkanes of at least 4 members (excludes halogenated alkanes) is 1. The highest BCUT2D eigenvalue weighted by atomic mass is 16.5. The highest BCUT2D eigenvalue weighted by Gasteiger charge is 2.09. The number of anilines is 1. The molecule has 0 unspecified atom stereocenters. The molecule has 2 rings (SSSR count). The van der Waals surface area contributed by atoms with Gasteiger partial charge in [-0.1, -0.05) is 13.3 Å². The highest BCUT2D eigenvalue weighted by molar-refractivity contribution is 5.40. The average Bonchev–Trinajstić information content (AvgIpc) is 3.03. The Bertz CT molecular complexity index is 531. The molecule has 6 heteroatoms. The quantitative estimate of drug-likeness (QED) is 0.752. The van der Waals surface area contributed by atoms with E-state index in [0.717, 1.165) is 36.8 Å². The number of hydrogen-bond acceptors (Lipinski definition) is 4. The van der Waals surface area contributed by atoms with Crippen LogP contribution in [-0.4, -0.2) is 39.6 Å². The molecule has 2 aromatic rings. The van der Waals surface area contributed by atoms with E-state index < -0.39 is 0 Å². The lowest BCUT2D eigenvalue weighted by Crippen LogP contribution is -2.07. The maximum absolute atomic E-state index is 5.06. The van der Waals surface area contributed by atoms with Gasteiger partial charge in [-0.2, -0.15) is 5.10 Å². The van der Waals surface area contributed by atoms with Crippen LogP contribution in [0.3, 0.4) is 0 Å². The van der Waals surface area contributed by atoms with Gasteiger partial charge in [-0.05, 0) is 13.3 Å². The van der Waals surface area contributed by atoms with Gasteiger partial charge in [0, 0.05) is 26.0 Å². The molecular weight excluding hydrogens is 254 g/mol. The molecule has 2 heterocycles. The van der Waals surface area contributed by atoms with Crippen LogP contribution in [0, 0.1) is 6.92 Å². The molecule has 20 heavy (non-hydrogen) atoms. The molecule has 0 fully saturated rings. The minimum atomic E-state index is 0.658. The standard InChI is InChI=1S/C14H23N5O/c1-4-5-6-15-14-17-12(2)10-19(14)13-9-16-18(11-13)7-8-20-3/h9-11H,4-8H2,1-3H3,(H,15,17). The van der Waals surface area contributed by atoms with E-state index in [-0.39, 0.29) is 0 Å². The second kappa shape index (κ2) is 7.09. The number of rotatable bonds is 8. The monoisotopic (exact) mass is 277 g/mol. The Morgan fingerprint density at radius 1 is 1.35 bits per heavy atom. The van der Waals surface area contributed by atoms with Crippen molar-refractivity contribution in [1.29, 1.82) is 0 Å². The van der Waals surface area contributed by atoms with Crippen LogP contribution in [0.4, 0.5) is 5.95 Å². The van der Waals surface area contributed by atoms with Crippen LogP contribution < -0.4 is 5.32 Å². The lowest BCUT2D eigenvalue weighted by atomic mass is 10.3. The van der Waals surface area contributed by atoms with Gasteiger partial charge in [0.15, 0.2) is 0 Å². The van der Waals surface area contributed by atoms with E-state index in [9.17, 15) is 0 Å². The van der Waals surface area contributed by atoms with Crippen molar-refractivity contribution < 1.29 is 4.74 Å². The normalized spacial score (nSPS) is 10.9. The van der Waals surface area contributed by atoms with Crippen molar-refractivity contribution in [2.45, 2.75) is 33.2 Å². The topological polar surface area (TPSA) is 56.9 Å². The number of nitrogens with one attached hydrogen (secondary N) is 1. The lowest BCUT2D eigenvalue weighted by Gasteiger charge is -2.07. The molecule has 0 saturated heterocycles. The van der Waals surface area contributed by atoms with Gasteiger partial charge in [0.2, 0.25) is 5.95 Å². The van der Waals surface area contributed by atoms with E-state index in [1.165, 1.54) is 6.42 Å². The number of nitrogens with zero attached hydrogens (tertiary/aromatic N) is 4. The molecule has 0 spiro atoms. The predicted molar refractivity (Wildman–Crippen MR) is 79.4 cm³/mol. The zero-order chi connectivity index (χ0) is 14.4. The first-order chi connectivity index (χ1) is 9.74. The fourth-order valence-electron chi connectivity index (χ4n) is 1.98. The van der Waals surface area contributed by atoms with Crippen molar-refractivity contribution in [3.05, 3.63) is 24.3 Å². The molecule has 0 atom stereocenters. The third kappa shape index (κ3) is 3.60. The van der Waals surface area contributed by atoms with Crippen molar-refractivity contribution in [3.8, 4) is 5.69 Å². The van der Waals surface area contributed by atoms with Crippen LogP contribution >= 0.6 is 0 Å². The van der Waals surface area contributed by atoms with Gasteiger partial charge in [0.1, 0.15) is 0 Å². The number of methoxy groups -OCH3 is 1. The number of ether oxygens (including phenoxy) is 1. The summed E-state index contributed by atoms with van der Waals surface area (Å²) in [6.07, 6.45) is 8.18. The van der Waals surface area contributed by atoms with Crippen LogP contribution in [0.15, 0.2) is 18.6 Å². The molecule has 0 bridgehead atoms. The van der Waals surface area contributed by atoms with E-state index >= 15 is 0 Å². The first-order valence-corrected chi connectivity index (χ1v) is 7.06. The van der Waals surface area contributed by atoms with Crippen molar-refractivity contribution in [3.63, 3.8) is 0 Å². The van der Waals surface area contributed by atoms with E-state index in [1.54, 1.807) is 7.11 Å². The summed E-state index contributed by atoms with van der Waals surface area (Å²) >= 11 is 0. The van der Waals surface area contributed by atoms with Crippen LogP contribution in [0.25, 0.3) is 5.69 Å². The molecule has 0 radical (unpaired) electrons. The zero-order valence-electron chi connectivity index (χ0n) is 12.5. The summed E-state index contributed by atoms with van der Waals surface area (Å²) in [5.41, 5.74) is 2.01. The number of imidazole rings is 1. The SMILES string of the molecule is CCCCNc1nc(C)cn1-c1cnn(CCOC)c1. The smallest absolute Gasteiger partial charge is 0.207 e. The Labute approximate surface area is 119 Å². The third-order valence-electron chi connectivity index (χ3n) is 3.06. The van der Waals surface area contributed by atoms with Crippen molar-refractivity contribution in [2.75, 3.05) is 25.6 Å². The summed E-state index contributed by atoms with van der Waals surface area (Å²) in [6, 6.07) is 0. The number of aromatic nitrogens is 4. The number of aryl methyl sites for hydroxylation is 1. The van der Waals surface area contributed by atoms with Crippen molar-refractivity contribution in [2.24, 2.45) is 0 Å². The van der Waals surface area contributed by atoms with E-state index in [4.69, 9.17) is 4.74 Å². The van der Waals surface area contributed by atoms with Gasteiger partial charge >= 0.3 is 0 Å². The van der Waals surface area contributed by atoms with Gasteiger partial charge in [-0.3, -0.25) is 9.25 Å². The second-order valence-corrected chi connectivity index (χ2v) is 4.81. The Hall–Kier alpha value is -1.82. The summed E-state index contributed by atoms with van der Waals surface area (Å²) in [7, 11) is 1.69. The summed E-state index contributed by atoms with van der Waals surface area (Å²) < 4.78 is 8.98. The third-order valence-corrected chi connectivity index (χ3v) is 3.06. The average molecular weight is 277 g/mol. The number of hydrogen-bond donors (Lipinski definition) is 1. The Kier molecular flexibility index (Phi) is 5.17. The van der Waals surface area contributed by atoms with Crippen molar-refractivity contribution in [1.82, 2.24) is 19.3 Å². The van der Waals surface area contributed by atoms with Crippen LogP contribution in [0.5, 0.6) is 0 Å². The summed E-state index contributed by atoms with van der Waals surface area (Å²) in [5, 5.41) is 7.71. The Morgan fingerprint density at radius 2 is 2.20 bits per heavy atom. The van der Waals surface area contributed by atoms with Gasteiger partial charge in [-0.15, -0.1) is 0 Å². The maximum Gasteiger partial charge on any atom is 0.207 e. The van der Waals surface area contributed by atoms with Crippen LogP contribution in [-0.2, 0) is 11.3 Å². The van der Waals surface area contributed by atoms with Gasteiger partial charge < -0.3 is 10.1 Å². The zero-order valence-corrected chi connectivity index (χ0v) is 12.5. The molecule has 0 amide bonds. The van der Waals surface area contributed by atoms with Gasteiger partial charge in [0.25, 0.3) is 0 Å². The van der Waals surface area contributed by atoms with Gasteiger partial charge in [0.05, 0.1) is 30.7 Å². The summed E-state index contributed by atoms with van der Waals surface area (Å²) in [4.78, 5) is 4.52. The molecule has 2 aromatic heterocycles. The van der Waals surface area contributed by atoms with E-state index in [0.29, 0.717) is 6.61 Å². The molecule has 6 nitrogen and oxygen atoms in total. The largest absolute Gasteiger partial charge is 0.383 e. The first kappa shape index (κ1) is 14.6. The molecule has 0 aliphatic heterocycles. The van der Waals surface area contributed by atoms with Gasteiger partial charge in [-0.25, -0.2) is 4.98 Å². The van der Waals surface area contributed by atoms with Crippen LogP contribution in [0.1, 0.15) is 25.5 Å². The van der Waals surface area contributed by atoms with E-state index in [1.807, 2.05) is 34.8 Å². The summed E-state index contributed by atoms with van der Waals surface area (Å²) in [6.45, 7) is 6.52. The minimum Gasteiger partial charge on any atom is -0.383 e. The second-order valence-electron chi connectivity index (χ2n) is 4.81. The Balaban J connectivity index is 2.12. The predicted octanol–water partition coefficient (Wildman–Crippen LogP) is 2.24. The summed E-state index contributed by atoms with van der Waals surface area (Å²) in [5.74, 6) is 0.877. The molecule has 0 aromatic carbocycles. The molecule has 0 aliphatic carbocycles. The molecule has 110 valence electrons. The maximum atomic E-state index is 5.06. The first-order valence-electron chi connectivity index (χ1n) is 7.06. The van der Waals surface area contributed by atoms with E-state index in [2.05, 4.69) is 22.3 Å². The lowest BCUT2D eigenvalue weighted by molar-refractivity contribution is 0.183. The fraction of sp³-hybridized carbons (Fsp3) is 0.571. The fourth-order valence-corrected chi connectivity index (χ4v) is 1.98.